The molecule has 0 amide bonds. The molecule has 0 radical (unpaired) electrons. The van der Waals surface area contributed by atoms with E-state index in [1.54, 1.807) is 24.3 Å². The molecule has 1 unspecified atom stereocenters. The topological polar surface area (TPSA) is 130 Å². The number of aromatic nitrogens is 6. The zero-order valence-electron chi connectivity index (χ0n) is 17.5. The van der Waals surface area contributed by atoms with Crippen LogP contribution in [0.5, 0.6) is 0 Å². The lowest BCUT2D eigenvalue weighted by atomic mass is 9.91. The summed E-state index contributed by atoms with van der Waals surface area (Å²) in [6, 6.07) is 11.6. The van der Waals surface area contributed by atoms with Crippen LogP contribution in [0.4, 0.5) is 11.4 Å². The number of rotatable bonds is 7. The molecular weight excluding hydrogens is 398 g/mol. The third-order valence-corrected chi connectivity index (χ3v) is 5.23. The van der Waals surface area contributed by atoms with Crippen molar-refractivity contribution in [3.05, 3.63) is 35.9 Å². The average molecular weight is 421 g/mol. The van der Waals surface area contributed by atoms with Crippen molar-refractivity contribution < 1.29 is 10.4 Å². The van der Waals surface area contributed by atoms with Crippen molar-refractivity contribution in [1.82, 2.24) is 35.2 Å². The van der Waals surface area contributed by atoms with Crippen LogP contribution < -0.4 is 0 Å². The van der Waals surface area contributed by atoms with E-state index in [9.17, 15) is 10.4 Å². The summed E-state index contributed by atoms with van der Waals surface area (Å²) < 4.78 is 0. The van der Waals surface area contributed by atoms with E-state index in [1.807, 2.05) is 20.2 Å². The Kier molecular flexibility index (Phi) is 5.61. The van der Waals surface area contributed by atoms with Crippen LogP contribution in [-0.4, -0.2) is 72.3 Å². The van der Waals surface area contributed by atoms with Crippen LogP contribution in [0.2, 0.25) is 0 Å². The summed E-state index contributed by atoms with van der Waals surface area (Å²) in [6.45, 7) is 3.06. The molecule has 11 heteroatoms. The maximum absolute atomic E-state index is 9.93. The fraction of sp³-hybridized carbons (Fsp3) is 0.350. The molecule has 2 aromatic carbocycles. The lowest BCUT2D eigenvalue weighted by molar-refractivity contribution is 0.154. The molecule has 4 rings (SSSR count). The van der Waals surface area contributed by atoms with Crippen molar-refractivity contribution in [3.8, 4) is 0 Å². The number of hydrogen-bond donors (Lipinski definition) is 2. The standard InChI is InChI=1S/C20H23N9O2/c1-4-13(10-11-27(2)3)14-8-9-17-20(24-26-29(17)31)18(14)22-12-21-15-6-5-7-16-19(15)23-25-28(16)30/h5-9,13,30-31H,4,10-11H2,1-3H3. The second-order valence-corrected chi connectivity index (χ2v) is 7.49. The summed E-state index contributed by atoms with van der Waals surface area (Å²) in [5.41, 5.74) is 3.85. The Labute approximate surface area is 177 Å². The van der Waals surface area contributed by atoms with Gasteiger partial charge in [0.1, 0.15) is 39.4 Å². The van der Waals surface area contributed by atoms with Gasteiger partial charge in [0.25, 0.3) is 0 Å². The molecule has 0 aliphatic rings. The Morgan fingerprint density at radius 3 is 2.42 bits per heavy atom. The Hall–Kier alpha value is -3.82. The smallest absolute Gasteiger partial charge is 0.143 e. The second-order valence-electron chi connectivity index (χ2n) is 7.49. The Morgan fingerprint density at radius 2 is 1.71 bits per heavy atom. The van der Waals surface area contributed by atoms with Crippen LogP contribution in [0.15, 0.2) is 40.3 Å². The van der Waals surface area contributed by atoms with Crippen molar-refractivity contribution in [2.75, 3.05) is 20.6 Å². The summed E-state index contributed by atoms with van der Waals surface area (Å²) in [6.07, 6.45) is 1.87. The van der Waals surface area contributed by atoms with Crippen LogP contribution in [0, 0.1) is 0 Å². The van der Waals surface area contributed by atoms with Gasteiger partial charge < -0.3 is 15.3 Å². The van der Waals surface area contributed by atoms with Crippen molar-refractivity contribution in [2.45, 2.75) is 25.7 Å². The largest absolute Gasteiger partial charge is 0.410 e. The molecule has 2 N–H and O–H groups in total. The summed E-state index contributed by atoms with van der Waals surface area (Å²) in [7, 11) is 4.09. The van der Waals surface area contributed by atoms with Gasteiger partial charge in [0.15, 0.2) is 0 Å². The first-order valence-electron chi connectivity index (χ1n) is 9.92. The average Bonchev–Trinajstić information content (AvgIpc) is 3.33. The van der Waals surface area contributed by atoms with Gasteiger partial charge in [-0.15, -0.1) is 10.2 Å². The van der Waals surface area contributed by atoms with Gasteiger partial charge in [-0.05, 0) is 73.6 Å². The number of benzene rings is 2. The van der Waals surface area contributed by atoms with Gasteiger partial charge >= 0.3 is 0 Å². The molecule has 1 atom stereocenters. The first-order chi connectivity index (χ1) is 15.0. The molecule has 0 fully saturated rings. The predicted molar refractivity (Wildman–Crippen MR) is 115 cm³/mol. The highest BCUT2D eigenvalue weighted by Crippen LogP contribution is 2.36. The van der Waals surface area contributed by atoms with Crippen LogP contribution >= 0.6 is 0 Å². The fourth-order valence-electron chi connectivity index (χ4n) is 3.56. The first kappa shape index (κ1) is 20.5. The summed E-state index contributed by atoms with van der Waals surface area (Å²) in [5.74, 6) is 0.244. The van der Waals surface area contributed by atoms with Crippen LogP contribution in [0.3, 0.4) is 0 Å². The lowest BCUT2D eigenvalue weighted by Crippen LogP contribution is -2.16. The molecule has 160 valence electrons. The van der Waals surface area contributed by atoms with E-state index in [4.69, 9.17) is 0 Å². The predicted octanol–water partition coefficient (Wildman–Crippen LogP) is 3.23. The molecule has 11 nitrogen and oxygen atoms in total. The molecule has 0 saturated carbocycles. The van der Waals surface area contributed by atoms with Gasteiger partial charge in [-0.1, -0.05) is 28.7 Å². The monoisotopic (exact) mass is 421 g/mol. The van der Waals surface area contributed by atoms with Crippen molar-refractivity contribution in [1.29, 1.82) is 0 Å². The van der Waals surface area contributed by atoms with Crippen molar-refractivity contribution in [2.24, 2.45) is 9.98 Å². The number of hydrogen-bond acceptors (Lipinski definition) is 9. The molecule has 2 aromatic heterocycles. The van der Waals surface area contributed by atoms with Gasteiger partial charge in [0, 0.05) is 0 Å². The molecule has 31 heavy (non-hydrogen) atoms. The zero-order chi connectivity index (χ0) is 22.0. The fourth-order valence-corrected chi connectivity index (χ4v) is 3.56. The van der Waals surface area contributed by atoms with Gasteiger partial charge in [0.2, 0.25) is 0 Å². The normalized spacial score (nSPS) is 12.4. The molecule has 2 heterocycles. The Bertz CT molecular complexity index is 1280. The number of nitrogens with zero attached hydrogens (tertiary/aromatic N) is 9. The van der Waals surface area contributed by atoms with Gasteiger partial charge in [-0.2, -0.15) is 9.98 Å². The van der Waals surface area contributed by atoms with Crippen molar-refractivity contribution >= 4 is 39.4 Å². The summed E-state index contributed by atoms with van der Waals surface area (Å²) in [4.78, 5) is 12.3. The molecule has 0 saturated heterocycles. The maximum atomic E-state index is 9.93. The van der Waals surface area contributed by atoms with Gasteiger partial charge in [-0.3, -0.25) is 0 Å². The quantitative estimate of drug-likeness (QED) is 0.346. The van der Waals surface area contributed by atoms with E-state index in [0.717, 1.165) is 29.8 Å². The Morgan fingerprint density at radius 1 is 1.00 bits per heavy atom. The Balaban J connectivity index is 1.80. The van der Waals surface area contributed by atoms with Crippen LogP contribution in [0.1, 0.15) is 31.2 Å². The number of fused-ring (bicyclic) bond motifs is 2. The molecular formula is C20H23N9O2. The minimum atomic E-state index is 0.244. The van der Waals surface area contributed by atoms with Crippen LogP contribution in [0.25, 0.3) is 22.1 Å². The van der Waals surface area contributed by atoms with E-state index >= 15 is 0 Å². The molecule has 0 bridgehead atoms. The summed E-state index contributed by atoms with van der Waals surface area (Å²) in [5, 5.41) is 34.9. The summed E-state index contributed by atoms with van der Waals surface area (Å²) >= 11 is 0. The highest BCUT2D eigenvalue weighted by molar-refractivity contribution is 5.90. The third kappa shape index (κ3) is 3.96. The van der Waals surface area contributed by atoms with E-state index in [-0.39, 0.29) is 5.92 Å². The lowest BCUT2D eigenvalue weighted by Gasteiger charge is -2.19. The van der Waals surface area contributed by atoms with Crippen molar-refractivity contribution in [3.63, 3.8) is 0 Å². The van der Waals surface area contributed by atoms with E-state index < -0.39 is 0 Å². The molecule has 0 spiro atoms. The minimum absolute atomic E-state index is 0.244. The van der Waals surface area contributed by atoms with Gasteiger partial charge in [0.05, 0.1) is 0 Å². The zero-order valence-corrected chi connectivity index (χ0v) is 17.5. The molecule has 0 aliphatic heterocycles. The van der Waals surface area contributed by atoms with Crippen LogP contribution in [-0.2, 0) is 0 Å². The van der Waals surface area contributed by atoms with E-state index in [0.29, 0.717) is 38.3 Å². The third-order valence-electron chi connectivity index (χ3n) is 5.23. The van der Waals surface area contributed by atoms with Gasteiger partial charge in [-0.25, -0.2) is 0 Å². The highest BCUT2D eigenvalue weighted by atomic mass is 16.5. The number of aliphatic imine (C=N–C) groups is 2. The first-order valence-corrected chi connectivity index (χ1v) is 9.92. The second kappa shape index (κ2) is 8.50. The van der Waals surface area contributed by atoms with E-state index in [2.05, 4.69) is 48.4 Å². The van der Waals surface area contributed by atoms with E-state index in [1.165, 1.54) is 0 Å². The molecule has 4 aromatic rings. The minimum Gasteiger partial charge on any atom is -0.410 e. The molecule has 0 aliphatic carbocycles. The highest BCUT2D eigenvalue weighted by Gasteiger charge is 2.19. The maximum Gasteiger partial charge on any atom is 0.143 e. The SMILES string of the molecule is CCC(CCN(C)C)c1ccc2c(nnn2O)c1N=C=Nc1cccc2c1nnn2O.